The van der Waals surface area contributed by atoms with E-state index in [0.717, 1.165) is 13.0 Å². The Morgan fingerprint density at radius 1 is 0.857 bits per heavy atom. The first-order valence-corrected chi connectivity index (χ1v) is 8.05. The number of nitrogens with zero attached hydrogens (tertiary/aromatic N) is 1. The van der Waals surface area contributed by atoms with Crippen LogP contribution in [-0.2, 0) is 6.42 Å². The standard InChI is InChI=1S/C19H24N2/c1-2-9-17(10-3-1)11-8-14-20-18-12-4-5-13-19(18)21-15-6-7-16-21/h1-5,9-10,12-13,20H,6-8,11,14-16H2. The van der Waals surface area contributed by atoms with E-state index < -0.39 is 0 Å². The molecule has 0 radical (unpaired) electrons. The smallest absolute Gasteiger partial charge is 0.0602 e. The van der Waals surface area contributed by atoms with Gasteiger partial charge in [-0.15, -0.1) is 0 Å². The predicted molar refractivity (Wildman–Crippen MR) is 91.1 cm³/mol. The third-order valence-corrected chi connectivity index (χ3v) is 4.15. The second-order valence-electron chi connectivity index (χ2n) is 5.73. The molecule has 0 bridgehead atoms. The molecular formula is C19H24N2. The van der Waals surface area contributed by atoms with Gasteiger partial charge in [0, 0.05) is 19.6 Å². The molecule has 21 heavy (non-hydrogen) atoms. The van der Waals surface area contributed by atoms with Crippen molar-refractivity contribution in [2.24, 2.45) is 0 Å². The molecule has 110 valence electrons. The topological polar surface area (TPSA) is 15.3 Å². The van der Waals surface area contributed by atoms with Crippen LogP contribution in [0, 0.1) is 0 Å². The van der Waals surface area contributed by atoms with Crippen molar-refractivity contribution in [3.8, 4) is 0 Å². The number of nitrogens with one attached hydrogen (secondary N) is 1. The predicted octanol–water partition coefficient (Wildman–Crippen LogP) is 4.33. The monoisotopic (exact) mass is 280 g/mol. The maximum atomic E-state index is 3.62. The maximum absolute atomic E-state index is 3.62. The number of rotatable bonds is 6. The first-order valence-electron chi connectivity index (χ1n) is 8.05. The van der Waals surface area contributed by atoms with Crippen LogP contribution in [0.1, 0.15) is 24.8 Å². The molecule has 2 nitrogen and oxygen atoms in total. The second-order valence-corrected chi connectivity index (χ2v) is 5.73. The largest absolute Gasteiger partial charge is 0.383 e. The van der Waals surface area contributed by atoms with Crippen molar-refractivity contribution < 1.29 is 0 Å². The molecule has 0 spiro atoms. The lowest BCUT2D eigenvalue weighted by molar-refractivity contribution is 0.861. The molecule has 2 aromatic carbocycles. The lowest BCUT2D eigenvalue weighted by atomic mass is 10.1. The Morgan fingerprint density at radius 2 is 1.57 bits per heavy atom. The van der Waals surface area contributed by atoms with Crippen LogP contribution in [0.25, 0.3) is 0 Å². The minimum atomic E-state index is 1.03. The van der Waals surface area contributed by atoms with Gasteiger partial charge in [-0.1, -0.05) is 42.5 Å². The zero-order chi connectivity index (χ0) is 14.3. The first-order chi connectivity index (χ1) is 10.4. The van der Waals surface area contributed by atoms with Crippen molar-refractivity contribution >= 4 is 11.4 Å². The molecule has 1 fully saturated rings. The normalized spacial score (nSPS) is 14.4. The third-order valence-electron chi connectivity index (χ3n) is 4.15. The molecular weight excluding hydrogens is 256 g/mol. The summed E-state index contributed by atoms with van der Waals surface area (Å²) in [7, 11) is 0. The SMILES string of the molecule is c1ccc(CCCNc2ccccc2N2CCCC2)cc1. The molecule has 2 heteroatoms. The quantitative estimate of drug-likeness (QED) is 0.792. The average molecular weight is 280 g/mol. The number of benzene rings is 2. The van der Waals surface area contributed by atoms with Gasteiger partial charge in [0.2, 0.25) is 0 Å². The van der Waals surface area contributed by atoms with Crippen molar-refractivity contribution in [3.05, 3.63) is 60.2 Å². The van der Waals surface area contributed by atoms with Gasteiger partial charge in [0.05, 0.1) is 11.4 Å². The molecule has 1 saturated heterocycles. The van der Waals surface area contributed by atoms with E-state index in [2.05, 4.69) is 64.8 Å². The minimum Gasteiger partial charge on any atom is -0.383 e. The van der Waals surface area contributed by atoms with Crippen molar-refractivity contribution in [3.63, 3.8) is 0 Å². The summed E-state index contributed by atoms with van der Waals surface area (Å²) in [6.45, 7) is 3.42. The van der Waals surface area contributed by atoms with Gasteiger partial charge in [0.1, 0.15) is 0 Å². The molecule has 2 aromatic rings. The number of aryl methyl sites for hydroxylation is 1. The van der Waals surface area contributed by atoms with Gasteiger partial charge in [-0.05, 0) is 43.4 Å². The van der Waals surface area contributed by atoms with Crippen molar-refractivity contribution in [1.82, 2.24) is 0 Å². The fourth-order valence-electron chi connectivity index (χ4n) is 3.02. The zero-order valence-electron chi connectivity index (χ0n) is 12.6. The van der Waals surface area contributed by atoms with Crippen LogP contribution in [0.5, 0.6) is 0 Å². The number of hydrogen-bond acceptors (Lipinski definition) is 2. The van der Waals surface area contributed by atoms with Crippen LogP contribution >= 0.6 is 0 Å². The zero-order valence-corrected chi connectivity index (χ0v) is 12.6. The van der Waals surface area contributed by atoms with Gasteiger partial charge in [-0.3, -0.25) is 0 Å². The lowest BCUT2D eigenvalue weighted by Crippen LogP contribution is -2.19. The van der Waals surface area contributed by atoms with Crippen LogP contribution in [0.2, 0.25) is 0 Å². The average Bonchev–Trinajstić information content (AvgIpc) is 3.07. The van der Waals surface area contributed by atoms with E-state index in [1.807, 2.05) is 0 Å². The van der Waals surface area contributed by atoms with Gasteiger partial charge in [0.25, 0.3) is 0 Å². The molecule has 1 aliphatic rings. The summed E-state index contributed by atoms with van der Waals surface area (Å²) in [6, 6.07) is 19.4. The number of hydrogen-bond donors (Lipinski definition) is 1. The van der Waals surface area contributed by atoms with Gasteiger partial charge >= 0.3 is 0 Å². The Hall–Kier alpha value is -1.96. The Kier molecular flexibility index (Phi) is 4.78. The molecule has 0 saturated carbocycles. The van der Waals surface area contributed by atoms with Crippen LogP contribution in [0.4, 0.5) is 11.4 Å². The number of para-hydroxylation sites is 2. The van der Waals surface area contributed by atoms with Crippen molar-refractivity contribution in [2.45, 2.75) is 25.7 Å². The fourth-order valence-corrected chi connectivity index (χ4v) is 3.02. The highest BCUT2D eigenvalue weighted by molar-refractivity contribution is 5.70. The van der Waals surface area contributed by atoms with Crippen molar-refractivity contribution in [2.75, 3.05) is 29.9 Å². The van der Waals surface area contributed by atoms with E-state index in [1.165, 1.54) is 49.3 Å². The Morgan fingerprint density at radius 3 is 2.38 bits per heavy atom. The molecule has 0 atom stereocenters. The molecule has 0 aromatic heterocycles. The van der Waals surface area contributed by atoms with E-state index in [4.69, 9.17) is 0 Å². The van der Waals surface area contributed by atoms with Gasteiger partial charge < -0.3 is 10.2 Å². The highest BCUT2D eigenvalue weighted by Crippen LogP contribution is 2.28. The summed E-state index contributed by atoms with van der Waals surface area (Å²) in [4.78, 5) is 2.50. The second kappa shape index (κ2) is 7.16. The van der Waals surface area contributed by atoms with Gasteiger partial charge in [-0.25, -0.2) is 0 Å². The van der Waals surface area contributed by atoms with Crippen LogP contribution < -0.4 is 10.2 Å². The van der Waals surface area contributed by atoms with E-state index in [-0.39, 0.29) is 0 Å². The van der Waals surface area contributed by atoms with Crippen LogP contribution in [0.3, 0.4) is 0 Å². The summed E-state index contributed by atoms with van der Waals surface area (Å²) in [5.74, 6) is 0. The van der Waals surface area contributed by atoms with E-state index in [0.29, 0.717) is 0 Å². The molecule has 1 heterocycles. The molecule has 0 unspecified atom stereocenters. The lowest BCUT2D eigenvalue weighted by Gasteiger charge is -2.22. The van der Waals surface area contributed by atoms with Gasteiger partial charge in [0.15, 0.2) is 0 Å². The Bertz CT molecular complexity index is 545. The third kappa shape index (κ3) is 3.78. The molecule has 0 aliphatic carbocycles. The maximum Gasteiger partial charge on any atom is 0.0602 e. The molecule has 3 rings (SSSR count). The molecule has 1 N–H and O–H groups in total. The summed E-state index contributed by atoms with van der Waals surface area (Å²) in [5, 5.41) is 3.62. The van der Waals surface area contributed by atoms with Crippen LogP contribution in [0.15, 0.2) is 54.6 Å². The van der Waals surface area contributed by atoms with Gasteiger partial charge in [-0.2, -0.15) is 0 Å². The Labute approximate surface area is 127 Å². The highest BCUT2D eigenvalue weighted by Gasteiger charge is 2.14. The molecule has 1 aliphatic heterocycles. The highest BCUT2D eigenvalue weighted by atomic mass is 15.2. The first kappa shape index (κ1) is 14.0. The van der Waals surface area contributed by atoms with Crippen LogP contribution in [-0.4, -0.2) is 19.6 Å². The fraction of sp³-hybridized carbons (Fsp3) is 0.368. The summed E-state index contributed by atoms with van der Waals surface area (Å²) >= 11 is 0. The molecule has 0 amide bonds. The van der Waals surface area contributed by atoms with Crippen molar-refractivity contribution in [1.29, 1.82) is 0 Å². The summed E-state index contributed by atoms with van der Waals surface area (Å²) in [6.07, 6.45) is 4.95. The van der Waals surface area contributed by atoms with E-state index >= 15 is 0 Å². The van der Waals surface area contributed by atoms with E-state index in [1.54, 1.807) is 0 Å². The summed E-state index contributed by atoms with van der Waals surface area (Å²) < 4.78 is 0. The summed E-state index contributed by atoms with van der Waals surface area (Å²) in [5.41, 5.74) is 4.08. The minimum absolute atomic E-state index is 1.03. The number of anilines is 2. The van der Waals surface area contributed by atoms with E-state index in [9.17, 15) is 0 Å². The Balaban J connectivity index is 1.53.